The highest BCUT2D eigenvalue weighted by Crippen LogP contribution is 2.17. The Kier molecular flexibility index (Phi) is 2.85. The summed E-state index contributed by atoms with van der Waals surface area (Å²) in [6.45, 7) is 6.20. The van der Waals surface area contributed by atoms with Crippen molar-refractivity contribution in [3.05, 3.63) is 16.1 Å². The zero-order chi connectivity index (χ0) is 9.19. The van der Waals surface area contributed by atoms with Gasteiger partial charge in [0.25, 0.3) is 0 Å². The molecule has 1 unspecified atom stereocenters. The van der Waals surface area contributed by atoms with Gasteiger partial charge in [0.2, 0.25) is 0 Å². The Morgan fingerprint density at radius 1 is 1.67 bits per heavy atom. The van der Waals surface area contributed by atoms with Crippen molar-refractivity contribution >= 4 is 11.3 Å². The largest absolute Gasteiger partial charge is 0.325 e. The molecule has 0 aliphatic carbocycles. The van der Waals surface area contributed by atoms with Crippen LogP contribution in [0.4, 0.5) is 0 Å². The molecule has 0 aliphatic heterocycles. The van der Waals surface area contributed by atoms with Gasteiger partial charge in [-0.25, -0.2) is 4.98 Å². The van der Waals surface area contributed by atoms with Crippen LogP contribution in [0, 0.1) is 6.92 Å². The van der Waals surface area contributed by atoms with Gasteiger partial charge in [-0.15, -0.1) is 11.3 Å². The Labute approximate surface area is 77.8 Å². The molecular weight excluding hydrogens is 168 g/mol. The van der Waals surface area contributed by atoms with E-state index in [0.717, 1.165) is 23.5 Å². The van der Waals surface area contributed by atoms with E-state index in [4.69, 9.17) is 5.73 Å². The molecule has 1 aromatic heterocycles. The van der Waals surface area contributed by atoms with Gasteiger partial charge < -0.3 is 5.73 Å². The molecule has 12 heavy (non-hydrogen) atoms. The lowest BCUT2D eigenvalue weighted by Gasteiger charge is -2.20. The summed E-state index contributed by atoms with van der Waals surface area (Å²) in [5, 5.41) is 3.22. The van der Waals surface area contributed by atoms with Crippen molar-refractivity contribution in [2.24, 2.45) is 5.73 Å². The summed E-state index contributed by atoms with van der Waals surface area (Å²) in [6.07, 6.45) is 1.88. The van der Waals surface area contributed by atoms with Gasteiger partial charge in [-0.05, 0) is 20.3 Å². The van der Waals surface area contributed by atoms with Gasteiger partial charge in [-0.3, -0.25) is 0 Å². The van der Waals surface area contributed by atoms with E-state index in [9.17, 15) is 0 Å². The summed E-state index contributed by atoms with van der Waals surface area (Å²) in [5.41, 5.74) is 7.03. The molecule has 0 saturated heterocycles. The Morgan fingerprint density at radius 3 is 2.75 bits per heavy atom. The SMILES string of the molecule is CCC(C)(N)Cc1nc(C)cs1. The first kappa shape index (κ1) is 9.68. The van der Waals surface area contributed by atoms with Crippen LogP contribution < -0.4 is 5.73 Å². The molecule has 1 aromatic rings. The van der Waals surface area contributed by atoms with E-state index in [1.165, 1.54) is 0 Å². The quantitative estimate of drug-likeness (QED) is 0.781. The van der Waals surface area contributed by atoms with Crippen LogP contribution in [0.15, 0.2) is 5.38 Å². The number of hydrogen-bond acceptors (Lipinski definition) is 3. The van der Waals surface area contributed by atoms with Gasteiger partial charge in [0.15, 0.2) is 0 Å². The topological polar surface area (TPSA) is 38.9 Å². The smallest absolute Gasteiger partial charge is 0.0946 e. The maximum absolute atomic E-state index is 6.02. The highest BCUT2D eigenvalue weighted by atomic mass is 32.1. The second-order valence-corrected chi connectivity index (χ2v) is 4.51. The standard InChI is InChI=1S/C9H16N2S/c1-4-9(3,10)5-8-11-7(2)6-12-8/h6H,4-5,10H2,1-3H3. The number of aromatic nitrogens is 1. The third-order valence-electron chi connectivity index (χ3n) is 2.03. The molecule has 0 amide bonds. The van der Waals surface area contributed by atoms with Gasteiger partial charge in [-0.2, -0.15) is 0 Å². The normalized spacial score (nSPS) is 16.0. The minimum absolute atomic E-state index is 0.0930. The van der Waals surface area contributed by atoms with Crippen molar-refractivity contribution in [3.63, 3.8) is 0 Å². The zero-order valence-corrected chi connectivity index (χ0v) is 8.74. The molecule has 0 fully saturated rings. The Balaban J connectivity index is 2.63. The Hall–Kier alpha value is -0.410. The third kappa shape index (κ3) is 2.57. The average molecular weight is 184 g/mol. The van der Waals surface area contributed by atoms with Crippen LogP contribution in [0.1, 0.15) is 31.0 Å². The van der Waals surface area contributed by atoms with Crippen molar-refractivity contribution in [2.75, 3.05) is 0 Å². The molecule has 0 spiro atoms. The number of hydrogen-bond donors (Lipinski definition) is 1. The van der Waals surface area contributed by atoms with Crippen LogP contribution in [0.3, 0.4) is 0 Å². The summed E-state index contributed by atoms with van der Waals surface area (Å²) in [6, 6.07) is 0. The molecule has 3 heteroatoms. The molecular formula is C9H16N2S. The lowest BCUT2D eigenvalue weighted by molar-refractivity contribution is 0.449. The molecule has 2 nitrogen and oxygen atoms in total. The van der Waals surface area contributed by atoms with E-state index in [0.29, 0.717) is 0 Å². The van der Waals surface area contributed by atoms with E-state index in [2.05, 4.69) is 24.2 Å². The summed E-state index contributed by atoms with van der Waals surface area (Å²) in [7, 11) is 0. The van der Waals surface area contributed by atoms with E-state index >= 15 is 0 Å². The van der Waals surface area contributed by atoms with Crippen LogP contribution in [-0.2, 0) is 6.42 Å². The van der Waals surface area contributed by atoms with Crippen LogP contribution >= 0.6 is 11.3 Å². The van der Waals surface area contributed by atoms with Crippen molar-refractivity contribution in [1.82, 2.24) is 4.98 Å². The highest BCUT2D eigenvalue weighted by molar-refractivity contribution is 7.09. The summed E-state index contributed by atoms with van der Waals surface area (Å²) < 4.78 is 0. The summed E-state index contributed by atoms with van der Waals surface area (Å²) in [4.78, 5) is 4.38. The van der Waals surface area contributed by atoms with Gasteiger partial charge in [0.1, 0.15) is 0 Å². The molecule has 0 radical (unpaired) electrons. The predicted molar refractivity (Wildman–Crippen MR) is 53.4 cm³/mol. The van der Waals surface area contributed by atoms with Crippen molar-refractivity contribution in [2.45, 2.75) is 39.2 Å². The maximum Gasteiger partial charge on any atom is 0.0946 e. The molecule has 0 aliphatic rings. The minimum atomic E-state index is -0.0930. The second kappa shape index (κ2) is 3.54. The maximum atomic E-state index is 6.02. The first-order valence-corrected chi connectivity index (χ1v) is 5.11. The molecule has 0 aromatic carbocycles. The first-order chi connectivity index (χ1) is 5.53. The monoisotopic (exact) mass is 184 g/mol. The third-order valence-corrected chi connectivity index (χ3v) is 3.00. The van der Waals surface area contributed by atoms with Crippen molar-refractivity contribution in [3.8, 4) is 0 Å². The van der Waals surface area contributed by atoms with E-state index in [1.54, 1.807) is 11.3 Å². The highest BCUT2D eigenvalue weighted by Gasteiger charge is 2.17. The molecule has 2 N–H and O–H groups in total. The number of rotatable bonds is 3. The van der Waals surface area contributed by atoms with E-state index < -0.39 is 0 Å². The molecule has 1 heterocycles. The van der Waals surface area contributed by atoms with E-state index in [1.807, 2.05) is 6.92 Å². The zero-order valence-electron chi connectivity index (χ0n) is 7.92. The lowest BCUT2D eigenvalue weighted by Crippen LogP contribution is -2.37. The first-order valence-electron chi connectivity index (χ1n) is 4.23. The predicted octanol–water partition coefficient (Wildman–Crippen LogP) is 2.12. The number of nitrogens with two attached hydrogens (primary N) is 1. The lowest BCUT2D eigenvalue weighted by atomic mass is 9.97. The van der Waals surface area contributed by atoms with Crippen LogP contribution in [0.25, 0.3) is 0 Å². The van der Waals surface area contributed by atoms with Crippen molar-refractivity contribution in [1.29, 1.82) is 0 Å². The van der Waals surface area contributed by atoms with Crippen LogP contribution in [-0.4, -0.2) is 10.5 Å². The van der Waals surface area contributed by atoms with Gasteiger partial charge in [-0.1, -0.05) is 6.92 Å². The molecule has 0 saturated carbocycles. The summed E-state index contributed by atoms with van der Waals surface area (Å²) in [5.74, 6) is 0. The molecule has 0 bridgehead atoms. The number of aryl methyl sites for hydroxylation is 1. The fourth-order valence-electron chi connectivity index (χ4n) is 0.954. The fourth-order valence-corrected chi connectivity index (χ4v) is 1.92. The molecule has 1 rings (SSSR count). The van der Waals surface area contributed by atoms with Gasteiger partial charge in [0.05, 0.1) is 5.01 Å². The van der Waals surface area contributed by atoms with Crippen molar-refractivity contribution < 1.29 is 0 Å². The molecule has 68 valence electrons. The Morgan fingerprint density at radius 2 is 2.33 bits per heavy atom. The second-order valence-electron chi connectivity index (χ2n) is 3.57. The molecule has 1 atom stereocenters. The van der Waals surface area contributed by atoms with Crippen LogP contribution in [0.5, 0.6) is 0 Å². The fraction of sp³-hybridized carbons (Fsp3) is 0.667. The summed E-state index contributed by atoms with van der Waals surface area (Å²) >= 11 is 1.70. The van der Waals surface area contributed by atoms with Gasteiger partial charge >= 0.3 is 0 Å². The number of nitrogens with zero attached hydrogens (tertiary/aromatic N) is 1. The van der Waals surface area contributed by atoms with E-state index in [-0.39, 0.29) is 5.54 Å². The van der Waals surface area contributed by atoms with Crippen LogP contribution in [0.2, 0.25) is 0 Å². The minimum Gasteiger partial charge on any atom is -0.325 e. The average Bonchev–Trinajstić information content (AvgIpc) is 2.35. The number of thiazole rings is 1. The Bertz CT molecular complexity index is 253. The van der Waals surface area contributed by atoms with Gasteiger partial charge in [0, 0.05) is 23.0 Å².